The Hall–Kier alpha value is -3.56. The van der Waals surface area contributed by atoms with Crippen molar-refractivity contribution in [3.8, 4) is 11.1 Å². The largest absolute Gasteiger partial charge is 0.481 e. The summed E-state index contributed by atoms with van der Waals surface area (Å²) in [5, 5.41) is 11.9. The first-order valence-electron chi connectivity index (χ1n) is 13.1. The zero-order chi connectivity index (χ0) is 28.0. The molecule has 0 aliphatic heterocycles. The zero-order valence-electron chi connectivity index (χ0n) is 21.8. The van der Waals surface area contributed by atoms with Gasteiger partial charge in [-0.1, -0.05) is 48.5 Å². The van der Waals surface area contributed by atoms with Gasteiger partial charge in [0.25, 0.3) is 0 Å². The maximum Gasteiger partial charge on any atom is 0.303 e. The summed E-state index contributed by atoms with van der Waals surface area (Å²) in [5.41, 5.74) is 3.46. The van der Waals surface area contributed by atoms with Crippen LogP contribution in [0.1, 0.15) is 56.2 Å². The van der Waals surface area contributed by atoms with Crippen molar-refractivity contribution in [3.63, 3.8) is 0 Å². The van der Waals surface area contributed by atoms with Crippen molar-refractivity contribution in [2.24, 2.45) is 5.92 Å². The van der Waals surface area contributed by atoms with Crippen LogP contribution in [0.25, 0.3) is 11.1 Å². The summed E-state index contributed by atoms with van der Waals surface area (Å²) in [6.45, 7) is 1.85. The second kappa shape index (κ2) is 12.5. The van der Waals surface area contributed by atoms with Gasteiger partial charge in [0.2, 0.25) is 15.9 Å². The first-order chi connectivity index (χ1) is 18.6. The van der Waals surface area contributed by atoms with Gasteiger partial charge >= 0.3 is 5.97 Å². The molecule has 1 saturated carbocycles. The maximum absolute atomic E-state index is 13.2. The number of carbonyl (C=O) groups is 2. The average Bonchev–Trinajstić information content (AvgIpc) is 2.92. The van der Waals surface area contributed by atoms with E-state index in [1.807, 2.05) is 31.2 Å². The highest BCUT2D eigenvalue weighted by Crippen LogP contribution is 2.28. The van der Waals surface area contributed by atoms with Crippen LogP contribution in [-0.2, 0) is 26.0 Å². The van der Waals surface area contributed by atoms with Crippen LogP contribution in [0.4, 0.5) is 4.39 Å². The summed E-state index contributed by atoms with van der Waals surface area (Å²) in [6, 6.07) is 19.7. The fraction of sp³-hybridized carbons (Fsp3) is 0.333. The van der Waals surface area contributed by atoms with Crippen molar-refractivity contribution in [2.75, 3.05) is 0 Å². The lowest BCUT2D eigenvalue weighted by molar-refractivity contribution is -0.137. The van der Waals surface area contributed by atoms with Crippen molar-refractivity contribution < 1.29 is 27.5 Å². The Bertz CT molecular complexity index is 1400. The monoisotopic (exact) mass is 552 g/mol. The topological polar surface area (TPSA) is 113 Å². The van der Waals surface area contributed by atoms with Crippen LogP contribution >= 0.6 is 0 Å². The Morgan fingerprint density at radius 1 is 0.949 bits per heavy atom. The number of carbonyl (C=O) groups excluding carboxylic acids is 1. The average molecular weight is 553 g/mol. The summed E-state index contributed by atoms with van der Waals surface area (Å²) in [6.07, 6.45) is 2.75. The van der Waals surface area contributed by atoms with Crippen LogP contribution in [-0.4, -0.2) is 31.4 Å². The molecule has 4 rings (SSSR count). The van der Waals surface area contributed by atoms with Crippen molar-refractivity contribution in [1.82, 2.24) is 10.0 Å². The number of carboxylic acids is 1. The molecule has 3 aromatic rings. The van der Waals surface area contributed by atoms with Crippen molar-refractivity contribution in [3.05, 3.63) is 89.7 Å². The third-order valence-electron chi connectivity index (χ3n) is 7.20. The normalized spacial score (nSPS) is 18.3. The van der Waals surface area contributed by atoms with Crippen molar-refractivity contribution >= 4 is 21.9 Å². The lowest BCUT2D eigenvalue weighted by Gasteiger charge is -2.29. The SMILES string of the molecule is C[C@@H](NC(=O)[C@H]1CC[C@H](NS(=O)(=O)c2ccc(-c3cccc(CCC(=O)O)c3)cc2)CC1)c1ccc(F)cc1. The summed E-state index contributed by atoms with van der Waals surface area (Å²) < 4.78 is 42.0. The number of benzene rings is 3. The van der Waals surface area contributed by atoms with Gasteiger partial charge in [-0.2, -0.15) is 0 Å². The number of nitrogens with one attached hydrogen (secondary N) is 2. The van der Waals surface area contributed by atoms with Crippen LogP contribution < -0.4 is 10.0 Å². The number of hydrogen-bond acceptors (Lipinski definition) is 4. The van der Waals surface area contributed by atoms with Crippen LogP contribution in [0, 0.1) is 11.7 Å². The number of sulfonamides is 1. The smallest absolute Gasteiger partial charge is 0.303 e. The van der Waals surface area contributed by atoms with E-state index in [0.717, 1.165) is 22.3 Å². The van der Waals surface area contributed by atoms with Crippen molar-refractivity contribution in [1.29, 1.82) is 0 Å². The van der Waals surface area contributed by atoms with Crippen molar-refractivity contribution in [2.45, 2.75) is 62.4 Å². The van der Waals surface area contributed by atoms with Crippen LogP contribution in [0.2, 0.25) is 0 Å². The Morgan fingerprint density at radius 3 is 2.26 bits per heavy atom. The summed E-state index contributed by atoms with van der Waals surface area (Å²) in [4.78, 5) is 23.8. The van der Waals surface area contributed by atoms with Crippen LogP contribution in [0.3, 0.4) is 0 Å². The molecule has 0 aromatic heterocycles. The number of aliphatic carboxylic acids is 1. The molecular formula is C30H33FN2O5S. The summed E-state index contributed by atoms with van der Waals surface area (Å²) >= 11 is 0. The summed E-state index contributed by atoms with van der Waals surface area (Å²) in [7, 11) is -3.73. The van der Waals surface area contributed by atoms with E-state index in [0.29, 0.717) is 32.1 Å². The Balaban J connectivity index is 1.30. The number of carboxylic acid groups (broad SMARTS) is 1. The highest BCUT2D eigenvalue weighted by atomic mass is 32.2. The van der Waals surface area contributed by atoms with E-state index in [-0.39, 0.29) is 41.0 Å². The zero-order valence-corrected chi connectivity index (χ0v) is 22.6. The molecule has 3 N–H and O–H groups in total. The predicted octanol–water partition coefficient (Wildman–Crippen LogP) is 5.22. The molecule has 206 valence electrons. The van der Waals surface area contributed by atoms with E-state index in [1.54, 1.807) is 36.4 Å². The molecular weight excluding hydrogens is 519 g/mol. The minimum Gasteiger partial charge on any atom is -0.481 e. The fourth-order valence-electron chi connectivity index (χ4n) is 4.91. The van der Waals surface area contributed by atoms with E-state index < -0.39 is 16.0 Å². The lowest BCUT2D eigenvalue weighted by atomic mass is 9.85. The first-order valence-corrected chi connectivity index (χ1v) is 14.6. The first kappa shape index (κ1) is 28.4. The quantitative estimate of drug-likeness (QED) is 0.319. The van der Waals surface area contributed by atoms with Gasteiger partial charge in [-0.25, -0.2) is 17.5 Å². The molecule has 0 unspecified atom stereocenters. The Morgan fingerprint density at radius 2 is 1.62 bits per heavy atom. The van der Waals surface area contributed by atoms with Gasteiger partial charge in [0.1, 0.15) is 5.82 Å². The van der Waals surface area contributed by atoms with Crippen LogP contribution in [0.15, 0.2) is 77.7 Å². The highest BCUT2D eigenvalue weighted by molar-refractivity contribution is 7.89. The third kappa shape index (κ3) is 7.74. The molecule has 1 atom stereocenters. The summed E-state index contributed by atoms with van der Waals surface area (Å²) in [5.74, 6) is -1.45. The van der Waals surface area contributed by atoms with Gasteiger partial charge < -0.3 is 10.4 Å². The van der Waals surface area contributed by atoms with Gasteiger partial charge in [-0.3, -0.25) is 9.59 Å². The standard InChI is InChI=1S/C30H33FN2O5S/c1-20(22-6-12-26(31)13-7-22)32-30(36)24-8-14-27(15-9-24)33-39(37,38)28-16-10-23(11-17-28)25-4-2-3-21(19-25)5-18-29(34)35/h2-4,6-7,10-13,16-17,19-20,24,27,33H,5,8-9,14-15,18H2,1H3,(H,32,36)(H,34,35)/t20-,24-,27-/m1/s1. The van der Waals surface area contributed by atoms with Gasteiger partial charge in [-0.05, 0) is 85.5 Å². The van der Waals surface area contributed by atoms with E-state index in [9.17, 15) is 22.4 Å². The predicted molar refractivity (Wildman–Crippen MR) is 147 cm³/mol. The molecule has 0 heterocycles. The number of amides is 1. The van der Waals surface area contributed by atoms with Gasteiger partial charge in [0, 0.05) is 18.4 Å². The number of hydrogen-bond donors (Lipinski definition) is 3. The van der Waals surface area contributed by atoms with E-state index >= 15 is 0 Å². The maximum atomic E-state index is 13.2. The molecule has 0 bridgehead atoms. The second-order valence-corrected chi connectivity index (χ2v) is 11.8. The molecule has 0 saturated heterocycles. The molecule has 1 fully saturated rings. The van der Waals surface area contributed by atoms with Crippen LogP contribution in [0.5, 0.6) is 0 Å². The molecule has 9 heteroatoms. The molecule has 1 aliphatic carbocycles. The molecule has 0 spiro atoms. The molecule has 7 nitrogen and oxygen atoms in total. The minimum absolute atomic E-state index is 0.0496. The molecule has 0 radical (unpaired) electrons. The molecule has 39 heavy (non-hydrogen) atoms. The number of aryl methyl sites for hydroxylation is 1. The van der Waals surface area contributed by atoms with E-state index in [1.165, 1.54) is 12.1 Å². The van der Waals surface area contributed by atoms with Gasteiger partial charge in [0.05, 0.1) is 10.9 Å². The molecule has 1 aliphatic rings. The molecule has 3 aromatic carbocycles. The van der Waals surface area contributed by atoms with E-state index in [4.69, 9.17) is 5.11 Å². The highest BCUT2D eigenvalue weighted by Gasteiger charge is 2.29. The van der Waals surface area contributed by atoms with E-state index in [2.05, 4.69) is 10.0 Å². The second-order valence-electron chi connectivity index (χ2n) is 10.1. The van der Waals surface area contributed by atoms with Gasteiger partial charge in [0.15, 0.2) is 0 Å². The fourth-order valence-corrected chi connectivity index (χ4v) is 6.22. The van der Waals surface area contributed by atoms with Gasteiger partial charge in [-0.15, -0.1) is 0 Å². The third-order valence-corrected chi connectivity index (χ3v) is 8.74. The molecule has 1 amide bonds. The Labute approximate surface area is 228 Å². The lowest BCUT2D eigenvalue weighted by Crippen LogP contribution is -2.41. The number of rotatable bonds is 10. The minimum atomic E-state index is -3.73. The Kier molecular flexibility index (Phi) is 9.14. The number of halogens is 1.